The van der Waals surface area contributed by atoms with E-state index in [1.165, 1.54) is 11.1 Å². The number of anilines is 1. The van der Waals surface area contributed by atoms with E-state index in [0.29, 0.717) is 11.5 Å². The Hall–Kier alpha value is -3.47. The summed E-state index contributed by atoms with van der Waals surface area (Å²) in [4.78, 5) is 14.0. The summed E-state index contributed by atoms with van der Waals surface area (Å²) in [5.74, 6) is 0.351. The fourth-order valence-corrected chi connectivity index (χ4v) is 3.37. The lowest BCUT2D eigenvalue weighted by atomic mass is 10.1. The third-order valence-electron chi connectivity index (χ3n) is 3.90. The zero-order chi connectivity index (χ0) is 18.6. The van der Waals surface area contributed by atoms with Gasteiger partial charge in [0.1, 0.15) is 6.33 Å². The first-order chi connectivity index (χ1) is 13.2. The zero-order valence-electron chi connectivity index (χ0n) is 14.3. The van der Waals surface area contributed by atoms with E-state index in [-0.39, 0.29) is 18.4 Å². The van der Waals surface area contributed by atoms with Crippen LogP contribution in [-0.2, 0) is 11.8 Å². The molecule has 0 bridgehead atoms. The summed E-state index contributed by atoms with van der Waals surface area (Å²) in [5.41, 5.74) is 2.42. The Bertz CT molecular complexity index is 992. The summed E-state index contributed by atoms with van der Waals surface area (Å²) < 4.78 is 1.58. The fraction of sp³-hybridized carbons (Fsp3) is 0.188. The molecule has 0 aliphatic heterocycles. The van der Waals surface area contributed by atoms with Gasteiger partial charge in [-0.05, 0) is 50.2 Å². The van der Waals surface area contributed by atoms with Crippen molar-refractivity contribution in [2.24, 2.45) is 7.05 Å². The molecule has 3 heterocycles. The first kappa shape index (κ1) is 17.0. The molecular formula is C16H15N9OS. The lowest BCUT2D eigenvalue weighted by molar-refractivity contribution is -0.116. The molecule has 27 heavy (non-hydrogen) atoms. The molecular weight excluding hydrogens is 366 g/mol. The monoisotopic (exact) mass is 381 g/mol. The first-order valence-corrected chi connectivity index (χ1v) is 9.02. The van der Waals surface area contributed by atoms with E-state index in [1.807, 2.05) is 41.1 Å². The minimum Gasteiger partial charge on any atom is -0.326 e. The van der Waals surface area contributed by atoms with E-state index >= 15 is 0 Å². The molecule has 4 aromatic rings. The van der Waals surface area contributed by atoms with Crippen molar-refractivity contribution in [2.75, 3.05) is 5.32 Å². The van der Waals surface area contributed by atoms with Crippen molar-refractivity contribution in [1.29, 1.82) is 0 Å². The molecule has 0 aliphatic carbocycles. The highest BCUT2D eigenvalue weighted by molar-refractivity contribution is 7.08. The number of carbonyl (C=O) groups is 1. The quantitative estimate of drug-likeness (QED) is 0.538. The van der Waals surface area contributed by atoms with Crippen LogP contribution >= 0.6 is 11.3 Å². The molecule has 0 aliphatic rings. The molecule has 4 rings (SSSR count). The van der Waals surface area contributed by atoms with E-state index in [4.69, 9.17) is 0 Å². The lowest BCUT2D eigenvalue weighted by Gasteiger charge is -2.15. The molecule has 3 aromatic heterocycles. The predicted molar refractivity (Wildman–Crippen MR) is 97.8 cm³/mol. The lowest BCUT2D eigenvalue weighted by Crippen LogP contribution is -2.20. The van der Waals surface area contributed by atoms with Crippen LogP contribution in [0.25, 0.3) is 11.4 Å². The number of nitrogens with zero attached hydrogens (tertiary/aromatic N) is 8. The van der Waals surface area contributed by atoms with Crippen molar-refractivity contribution in [2.45, 2.75) is 12.5 Å². The molecule has 0 unspecified atom stereocenters. The zero-order valence-corrected chi connectivity index (χ0v) is 15.1. The third kappa shape index (κ3) is 3.87. The van der Waals surface area contributed by atoms with Gasteiger partial charge in [0.25, 0.3) is 0 Å². The maximum absolute atomic E-state index is 12.6. The largest absolute Gasteiger partial charge is 0.326 e. The van der Waals surface area contributed by atoms with E-state index in [9.17, 15) is 4.79 Å². The highest BCUT2D eigenvalue weighted by Gasteiger charge is 2.20. The second-order valence-corrected chi connectivity index (χ2v) is 6.58. The van der Waals surface area contributed by atoms with E-state index < -0.39 is 0 Å². The van der Waals surface area contributed by atoms with Crippen LogP contribution in [0.4, 0.5) is 5.69 Å². The highest BCUT2D eigenvalue weighted by atomic mass is 32.1. The van der Waals surface area contributed by atoms with Crippen LogP contribution in [0.2, 0.25) is 0 Å². The third-order valence-corrected chi connectivity index (χ3v) is 4.61. The Morgan fingerprint density at radius 1 is 1.30 bits per heavy atom. The van der Waals surface area contributed by atoms with Crippen molar-refractivity contribution >= 4 is 22.9 Å². The maximum atomic E-state index is 12.6. The van der Waals surface area contributed by atoms with Gasteiger partial charge in [0.15, 0.2) is 0 Å². The van der Waals surface area contributed by atoms with E-state index in [0.717, 1.165) is 11.1 Å². The van der Waals surface area contributed by atoms with Crippen LogP contribution in [0.15, 0.2) is 47.4 Å². The Balaban J connectivity index is 1.50. The smallest absolute Gasteiger partial charge is 0.226 e. The van der Waals surface area contributed by atoms with Crippen LogP contribution in [0.1, 0.15) is 18.0 Å². The molecule has 0 spiro atoms. The number of rotatable bonds is 6. The van der Waals surface area contributed by atoms with Gasteiger partial charge in [0.2, 0.25) is 11.7 Å². The normalized spacial score (nSPS) is 12.0. The Morgan fingerprint density at radius 3 is 2.93 bits per heavy atom. The van der Waals surface area contributed by atoms with Crippen molar-refractivity contribution < 1.29 is 4.79 Å². The molecule has 0 fully saturated rings. The first-order valence-electron chi connectivity index (χ1n) is 8.08. The van der Waals surface area contributed by atoms with Gasteiger partial charge in [-0.2, -0.15) is 16.1 Å². The molecule has 0 saturated carbocycles. The van der Waals surface area contributed by atoms with Gasteiger partial charge in [-0.25, -0.2) is 4.68 Å². The Labute approximate surface area is 157 Å². The topological polar surface area (TPSA) is 116 Å². The number of aryl methyl sites for hydroxylation is 1. The number of benzene rings is 1. The highest BCUT2D eigenvalue weighted by Crippen LogP contribution is 2.24. The Kier molecular flexibility index (Phi) is 4.66. The van der Waals surface area contributed by atoms with Crippen molar-refractivity contribution in [1.82, 2.24) is 40.4 Å². The average molecular weight is 381 g/mol. The van der Waals surface area contributed by atoms with Gasteiger partial charge in [-0.1, -0.05) is 12.1 Å². The number of aromatic nitrogens is 8. The van der Waals surface area contributed by atoms with Crippen LogP contribution in [0.5, 0.6) is 0 Å². The van der Waals surface area contributed by atoms with Crippen molar-refractivity contribution in [3.8, 4) is 11.4 Å². The molecule has 1 amide bonds. The summed E-state index contributed by atoms with van der Waals surface area (Å²) in [7, 11) is 1.70. The Morgan fingerprint density at radius 2 is 2.22 bits per heavy atom. The number of thiophene rings is 1. The SMILES string of the molecule is Cn1nnc(-c2cccc(NC(=O)C[C@@H](c3ccsc3)n3cnnn3)c2)n1. The van der Waals surface area contributed by atoms with Crippen LogP contribution in [-0.4, -0.2) is 46.3 Å². The molecule has 136 valence electrons. The van der Waals surface area contributed by atoms with Gasteiger partial charge in [0.05, 0.1) is 19.5 Å². The minimum absolute atomic E-state index is 0.147. The van der Waals surface area contributed by atoms with Crippen LogP contribution in [0.3, 0.4) is 0 Å². The predicted octanol–water partition coefficient (Wildman–Crippen LogP) is 1.54. The number of carbonyl (C=O) groups excluding carboxylic acids is 1. The van der Waals surface area contributed by atoms with Crippen LogP contribution < -0.4 is 5.32 Å². The number of nitrogens with one attached hydrogen (secondary N) is 1. The summed E-state index contributed by atoms with van der Waals surface area (Å²) in [6.07, 6.45) is 1.71. The maximum Gasteiger partial charge on any atom is 0.226 e. The number of hydrogen-bond acceptors (Lipinski definition) is 8. The van der Waals surface area contributed by atoms with Gasteiger partial charge in [0, 0.05) is 11.3 Å². The summed E-state index contributed by atoms with van der Waals surface area (Å²) >= 11 is 1.56. The van der Waals surface area contributed by atoms with Gasteiger partial charge in [-0.3, -0.25) is 4.79 Å². The summed E-state index contributed by atoms with van der Waals surface area (Å²) in [5, 5.41) is 30.1. The second kappa shape index (κ2) is 7.41. The standard InChI is InChI=1S/C16H15N9OS/c1-24-20-16(19-22-24)11-3-2-4-13(7-11)18-15(26)8-14(12-5-6-27-9-12)25-10-17-21-23-25/h2-7,9-10,14H,8H2,1H3,(H,18,26)/t14-/m0/s1. The van der Waals surface area contributed by atoms with E-state index in [2.05, 4.69) is 36.3 Å². The van der Waals surface area contributed by atoms with Gasteiger partial charge in [-0.15, -0.1) is 15.3 Å². The van der Waals surface area contributed by atoms with Gasteiger partial charge < -0.3 is 5.32 Å². The molecule has 0 radical (unpaired) electrons. The molecule has 1 aromatic carbocycles. The number of tetrazole rings is 2. The summed E-state index contributed by atoms with van der Waals surface area (Å²) in [6.45, 7) is 0. The number of amides is 1. The molecule has 10 nitrogen and oxygen atoms in total. The summed E-state index contributed by atoms with van der Waals surface area (Å²) in [6, 6.07) is 9.02. The number of hydrogen-bond donors (Lipinski definition) is 1. The van der Waals surface area contributed by atoms with Crippen molar-refractivity contribution in [3.05, 3.63) is 53.0 Å². The molecule has 11 heteroatoms. The fourth-order valence-electron chi connectivity index (χ4n) is 2.66. The van der Waals surface area contributed by atoms with Gasteiger partial charge >= 0.3 is 0 Å². The molecule has 1 atom stereocenters. The average Bonchev–Trinajstić information content (AvgIpc) is 3.42. The van der Waals surface area contributed by atoms with Crippen LogP contribution in [0, 0.1) is 0 Å². The molecule has 0 saturated heterocycles. The minimum atomic E-state index is -0.268. The molecule has 1 N–H and O–H groups in total. The van der Waals surface area contributed by atoms with Crippen molar-refractivity contribution in [3.63, 3.8) is 0 Å². The van der Waals surface area contributed by atoms with E-state index in [1.54, 1.807) is 23.1 Å². The second-order valence-electron chi connectivity index (χ2n) is 5.80.